The average Bonchev–Trinajstić information content (AvgIpc) is 3.40. The van der Waals surface area contributed by atoms with E-state index in [2.05, 4.69) is 26.0 Å². The highest BCUT2D eigenvalue weighted by Crippen LogP contribution is 2.45. The Bertz CT molecular complexity index is 1140. The minimum Gasteiger partial charge on any atom is -0.493 e. The Morgan fingerprint density at radius 3 is 2.89 bits per heavy atom. The molecule has 0 spiro atoms. The van der Waals surface area contributed by atoms with Gasteiger partial charge in [-0.3, -0.25) is 9.69 Å². The molecule has 2 bridgehead atoms. The second-order valence-corrected chi connectivity index (χ2v) is 10.7. The Balaban J connectivity index is 1.13. The molecule has 192 valence electrons. The first-order valence-electron chi connectivity index (χ1n) is 13.4. The number of benzene rings is 1. The quantitative estimate of drug-likeness (QED) is 0.562. The fourth-order valence-electron chi connectivity index (χ4n) is 7.06. The average molecular weight is 493 g/mol. The number of hydrogen-bond acceptors (Lipinski definition) is 7. The van der Waals surface area contributed by atoms with E-state index in [1.54, 1.807) is 14.2 Å². The predicted molar refractivity (Wildman–Crippen MR) is 135 cm³/mol. The smallest absolute Gasteiger partial charge is 0.227 e. The van der Waals surface area contributed by atoms with Crippen LogP contribution in [0.2, 0.25) is 0 Å². The number of carbonyl (C=O) groups is 1. The number of ether oxygens (including phenoxy) is 2. The lowest BCUT2D eigenvalue weighted by atomic mass is 9.68. The normalized spacial score (nSPS) is 27.6. The van der Waals surface area contributed by atoms with Gasteiger partial charge in [0.1, 0.15) is 0 Å². The maximum absolute atomic E-state index is 13.5. The van der Waals surface area contributed by atoms with Gasteiger partial charge in [-0.2, -0.15) is 4.98 Å². The van der Waals surface area contributed by atoms with Crippen LogP contribution in [0, 0.1) is 11.8 Å². The van der Waals surface area contributed by atoms with E-state index < -0.39 is 0 Å². The first-order valence-corrected chi connectivity index (χ1v) is 13.4. The van der Waals surface area contributed by atoms with Crippen molar-refractivity contribution in [2.24, 2.45) is 11.8 Å². The van der Waals surface area contributed by atoms with Crippen LogP contribution in [0.25, 0.3) is 11.4 Å². The zero-order chi connectivity index (χ0) is 24.6. The van der Waals surface area contributed by atoms with Crippen LogP contribution in [-0.4, -0.2) is 71.8 Å². The number of nitrogens with zero attached hydrogens (tertiary/aromatic N) is 4. The highest BCUT2D eigenvalue weighted by atomic mass is 16.5. The summed E-state index contributed by atoms with van der Waals surface area (Å²) < 4.78 is 16.2. The van der Waals surface area contributed by atoms with E-state index >= 15 is 0 Å². The van der Waals surface area contributed by atoms with Crippen molar-refractivity contribution >= 4 is 5.91 Å². The molecule has 0 unspecified atom stereocenters. The summed E-state index contributed by atoms with van der Waals surface area (Å²) in [6.45, 7) is 3.22. The van der Waals surface area contributed by atoms with Crippen LogP contribution in [0.3, 0.4) is 0 Å². The minimum absolute atomic E-state index is 0.204. The molecule has 8 heteroatoms. The molecule has 4 heterocycles. The third-order valence-corrected chi connectivity index (χ3v) is 8.64. The van der Waals surface area contributed by atoms with Gasteiger partial charge in [-0.25, -0.2) is 0 Å². The van der Waals surface area contributed by atoms with Crippen LogP contribution >= 0.6 is 0 Å². The van der Waals surface area contributed by atoms with Crippen LogP contribution < -0.4 is 9.47 Å². The van der Waals surface area contributed by atoms with Crippen molar-refractivity contribution in [3.63, 3.8) is 0 Å². The van der Waals surface area contributed by atoms with Gasteiger partial charge in [-0.05, 0) is 68.7 Å². The number of rotatable bonds is 6. The standard InChI is InChI=1S/C28H36N4O4/c1-34-23-9-8-19(16-24(23)35-2)28-29-25(36-30-28)10-11-26(33)32-13-5-6-18-14-20-15-21(27(18)32)17-31-12-4-3-7-22(20)31/h8-9,14,16,20-22,27H,3-7,10-13,15,17H2,1-2H3/t20-,21-,22+,27+/m0/s1. The van der Waals surface area contributed by atoms with Crippen LogP contribution in [-0.2, 0) is 11.2 Å². The van der Waals surface area contributed by atoms with Gasteiger partial charge in [0.2, 0.25) is 17.6 Å². The van der Waals surface area contributed by atoms with Crippen molar-refractivity contribution in [1.29, 1.82) is 0 Å². The molecule has 6 rings (SSSR count). The topological polar surface area (TPSA) is 80.9 Å². The number of hydrogen-bond donors (Lipinski definition) is 0. The molecule has 1 aromatic carbocycles. The molecule has 0 radical (unpaired) electrons. The zero-order valence-corrected chi connectivity index (χ0v) is 21.3. The van der Waals surface area contributed by atoms with E-state index in [4.69, 9.17) is 14.0 Å². The number of amides is 1. The van der Waals surface area contributed by atoms with Crippen molar-refractivity contribution in [3.05, 3.63) is 35.7 Å². The summed E-state index contributed by atoms with van der Waals surface area (Å²) in [6, 6.07) is 6.52. The van der Waals surface area contributed by atoms with Crippen molar-refractivity contribution in [2.75, 3.05) is 33.9 Å². The summed E-state index contributed by atoms with van der Waals surface area (Å²) in [5, 5.41) is 4.13. The maximum atomic E-state index is 13.5. The van der Waals surface area contributed by atoms with Crippen LogP contribution in [0.1, 0.15) is 50.8 Å². The molecule has 3 fully saturated rings. The fraction of sp³-hybridized carbons (Fsp3) is 0.607. The van der Waals surface area contributed by atoms with Gasteiger partial charge in [-0.15, -0.1) is 0 Å². The molecule has 3 aliphatic heterocycles. The van der Waals surface area contributed by atoms with E-state index in [0.717, 1.165) is 37.5 Å². The molecule has 4 aliphatic rings. The van der Waals surface area contributed by atoms with E-state index in [-0.39, 0.29) is 11.9 Å². The van der Waals surface area contributed by atoms with Crippen molar-refractivity contribution in [1.82, 2.24) is 19.9 Å². The van der Waals surface area contributed by atoms with Gasteiger partial charge in [0.05, 0.1) is 20.3 Å². The molecular weight excluding hydrogens is 456 g/mol. The van der Waals surface area contributed by atoms with Crippen LogP contribution in [0.15, 0.2) is 34.4 Å². The first kappa shape index (κ1) is 23.5. The zero-order valence-electron chi connectivity index (χ0n) is 21.3. The molecule has 1 aliphatic carbocycles. The third kappa shape index (κ3) is 4.29. The predicted octanol–water partition coefficient (Wildman–Crippen LogP) is 4.11. The molecule has 1 aromatic heterocycles. The van der Waals surface area contributed by atoms with Crippen LogP contribution in [0.5, 0.6) is 11.5 Å². The highest BCUT2D eigenvalue weighted by Gasteiger charge is 2.46. The Kier molecular flexibility index (Phi) is 6.46. The molecular formula is C28H36N4O4. The lowest BCUT2D eigenvalue weighted by Crippen LogP contribution is -2.60. The highest BCUT2D eigenvalue weighted by molar-refractivity contribution is 5.77. The Labute approximate surface area is 212 Å². The van der Waals surface area contributed by atoms with Gasteiger partial charge in [0.15, 0.2) is 11.5 Å². The third-order valence-electron chi connectivity index (χ3n) is 8.64. The lowest BCUT2D eigenvalue weighted by molar-refractivity contribution is -0.136. The monoisotopic (exact) mass is 492 g/mol. The number of fused-ring (bicyclic) bond motifs is 6. The van der Waals surface area contributed by atoms with Gasteiger partial charge in [-0.1, -0.05) is 23.2 Å². The van der Waals surface area contributed by atoms with Crippen LogP contribution in [0.4, 0.5) is 0 Å². The summed E-state index contributed by atoms with van der Waals surface area (Å²) in [5.74, 6) is 3.67. The second kappa shape index (κ2) is 9.88. The molecule has 3 saturated heterocycles. The van der Waals surface area contributed by atoms with Gasteiger partial charge in [0.25, 0.3) is 0 Å². The number of carbonyl (C=O) groups excluding carboxylic acids is 1. The second-order valence-electron chi connectivity index (χ2n) is 10.7. The van der Waals surface area contributed by atoms with Gasteiger partial charge in [0, 0.05) is 37.5 Å². The van der Waals surface area contributed by atoms with Gasteiger partial charge < -0.3 is 18.9 Å². The maximum Gasteiger partial charge on any atom is 0.227 e. The van der Waals surface area contributed by atoms with E-state index in [9.17, 15) is 4.79 Å². The van der Waals surface area contributed by atoms with E-state index in [1.807, 2.05) is 18.2 Å². The summed E-state index contributed by atoms with van der Waals surface area (Å²) in [6.07, 6.45) is 10.9. The number of aromatic nitrogens is 2. The molecule has 0 N–H and O–H groups in total. The SMILES string of the molecule is COc1ccc(-c2noc(CCC(=O)N3CCCC4=C[C@H]5C[C@@H](CN6CCCC[C@H]56)[C@@H]43)n2)cc1OC. The lowest BCUT2D eigenvalue weighted by Gasteiger charge is -2.54. The Morgan fingerprint density at radius 1 is 1.14 bits per heavy atom. The van der Waals surface area contributed by atoms with Gasteiger partial charge >= 0.3 is 0 Å². The molecule has 1 amide bonds. The largest absolute Gasteiger partial charge is 0.493 e. The van der Waals surface area contributed by atoms with Crippen molar-refractivity contribution in [3.8, 4) is 22.9 Å². The minimum atomic E-state index is 0.204. The van der Waals surface area contributed by atoms with E-state index in [0.29, 0.717) is 47.9 Å². The number of methoxy groups -OCH3 is 2. The molecule has 2 aromatic rings. The summed E-state index contributed by atoms with van der Waals surface area (Å²) >= 11 is 0. The molecule has 4 atom stereocenters. The Hall–Kier alpha value is -2.87. The first-order chi connectivity index (χ1) is 17.6. The number of likely N-dealkylation sites (tertiary alicyclic amines) is 1. The summed E-state index contributed by atoms with van der Waals surface area (Å²) in [5.41, 5.74) is 2.31. The van der Waals surface area contributed by atoms with E-state index in [1.165, 1.54) is 37.8 Å². The molecule has 36 heavy (non-hydrogen) atoms. The summed E-state index contributed by atoms with van der Waals surface area (Å²) in [7, 11) is 3.20. The molecule has 8 nitrogen and oxygen atoms in total. The van der Waals surface area contributed by atoms with Crippen molar-refractivity contribution in [2.45, 2.75) is 63.5 Å². The Morgan fingerprint density at radius 2 is 2.03 bits per heavy atom. The number of aryl methyl sites for hydroxylation is 1. The molecule has 0 saturated carbocycles. The number of piperidine rings is 3. The van der Waals surface area contributed by atoms with Crippen molar-refractivity contribution < 1.29 is 18.8 Å². The fourth-order valence-corrected chi connectivity index (χ4v) is 7.06. The summed E-state index contributed by atoms with van der Waals surface area (Å²) in [4.78, 5) is 22.9.